The minimum absolute atomic E-state index is 0.0114. The molecule has 1 aromatic heterocycles. The monoisotopic (exact) mass is 635 g/mol. The second-order valence-corrected chi connectivity index (χ2v) is 14.2. The molecule has 1 atom stereocenters. The van der Waals surface area contributed by atoms with Crippen molar-refractivity contribution in [3.05, 3.63) is 63.2 Å². The van der Waals surface area contributed by atoms with E-state index < -0.39 is 16.1 Å². The number of benzene rings is 1. The van der Waals surface area contributed by atoms with Gasteiger partial charge in [0, 0.05) is 60.5 Å². The van der Waals surface area contributed by atoms with E-state index in [0.717, 1.165) is 63.9 Å². The first-order valence-corrected chi connectivity index (χ1v) is 17.5. The second-order valence-electron chi connectivity index (χ2n) is 12.3. The number of carbonyl (C=O) groups is 2. The summed E-state index contributed by atoms with van der Waals surface area (Å²) in [6.07, 6.45) is 11.2. The van der Waals surface area contributed by atoms with Crippen LogP contribution in [-0.4, -0.2) is 73.8 Å². The highest BCUT2D eigenvalue weighted by molar-refractivity contribution is 7.87. The number of fused-ring (bicyclic) bond motifs is 3. The molecule has 2 amide bonds. The van der Waals surface area contributed by atoms with E-state index in [2.05, 4.69) is 47.2 Å². The quantitative estimate of drug-likeness (QED) is 0.368. The van der Waals surface area contributed by atoms with Gasteiger partial charge in [0.05, 0.1) is 12.2 Å². The molecule has 9 nitrogen and oxygen atoms in total. The molecule has 10 heteroatoms. The number of likely N-dealkylation sites (N-methyl/N-ethyl adjacent to an activating group) is 2. The van der Waals surface area contributed by atoms with Crippen molar-refractivity contribution in [3.63, 3.8) is 0 Å². The zero-order valence-corrected chi connectivity index (χ0v) is 28.5. The zero-order chi connectivity index (χ0) is 32.9. The summed E-state index contributed by atoms with van der Waals surface area (Å²) in [4.78, 5) is 28.8. The van der Waals surface area contributed by atoms with Crippen molar-refractivity contribution >= 4 is 40.8 Å². The fourth-order valence-electron chi connectivity index (χ4n) is 6.41. The minimum atomic E-state index is -3.92. The lowest BCUT2D eigenvalue weighted by molar-refractivity contribution is -0.127. The van der Waals surface area contributed by atoms with Crippen molar-refractivity contribution in [2.24, 2.45) is 0 Å². The van der Waals surface area contributed by atoms with Crippen LogP contribution >= 0.6 is 0 Å². The molecule has 2 aromatic rings. The van der Waals surface area contributed by atoms with Crippen LogP contribution in [0, 0.1) is 0 Å². The maximum absolute atomic E-state index is 14.1. The standard InChI is InChI=1S/C35H49N5O4S/c1-8-36-25(4)22-39(9-2)35(42)29-21-28-17-13-14-18-31(28)33-32(27-15-11-10-12-16-27)30(26(5)40(33)23-29)20-19-24(3)34(41)37-45(43,44)38(6)7/h13-14,17-21,25,27,36H,5,8-12,15-16,22-23H2,1-4,6-7H3,(H,37,41)/b24-19+,30-20+. The summed E-state index contributed by atoms with van der Waals surface area (Å²) >= 11 is 0. The zero-order valence-electron chi connectivity index (χ0n) is 27.7. The predicted molar refractivity (Wildman–Crippen MR) is 183 cm³/mol. The lowest BCUT2D eigenvalue weighted by Crippen LogP contribution is -2.43. The molecule has 2 aliphatic rings. The predicted octanol–water partition coefficient (Wildman–Crippen LogP) is 3.51. The van der Waals surface area contributed by atoms with Crippen molar-refractivity contribution in [1.29, 1.82) is 0 Å². The lowest BCUT2D eigenvalue weighted by atomic mass is 9.82. The topological polar surface area (TPSA) is 104 Å². The number of hydrogen-bond acceptors (Lipinski definition) is 5. The summed E-state index contributed by atoms with van der Waals surface area (Å²) in [5.74, 6) is -0.368. The third kappa shape index (κ3) is 7.68. The fraction of sp³-hybridized carbons (Fsp3) is 0.486. The van der Waals surface area contributed by atoms with Gasteiger partial charge in [0.2, 0.25) is 0 Å². The van der Waals surface area contributed by atoms with Crippen LogP contribution in [0.15, 0.2) is 41.5 Å². The van der Waals surface area contributed by atoms with E-state index in [-0.39, 0.29) is 17.5 Å². The van der Waals surface area contributed by atoms with Crippen LogP contribution in [0.5, 0.6) is 0 Å². The maximum Gasteiger partial charge on any atom is 0.303 e. The summed E-state index contributed by atoms with van der Waals surface area (Å²) in [6, 6.07) is 8.39. The highest BCUT2D eigenvalue weighted by Crippen LogP contribution is 2.39. The highest BCUT2D eigenvalue weighted by atomic mass is 32.2. The Hall–Kier alpha value is -3.47. The van der Waals surface area contributed by atoms with Crippen LogP contribution in [-0.2, 0) is 26.3 Å². The Morgan fingerprint density at radius 2 is 1.82 bits per heavy atom. The Morgan fingerprint density at radius 1 is 1.13 bits per heavy atom. The fourth-order valence-corrected chi connectivity index (χ4v) is 6.99. The van der Waals surface area contributed by atoms with Gasteiger partial charge in [0.1, 0.15) is 0 Å². The van der Waals surface area contributed by atoms with E-state index in [4.69, 9.17) is 0 Å². The van der Waals surface area contributed by atoms with E-state index >= 15 is 0 Å². The molecule has 2 heterocycles. The highest BCUT2D eigenvalue weighted by Gasteiger charge is 2.29. The number of carbonyl (C=O) groups excluding carboxylic acids is 2. The minimum Gasteiger partial charge on any atom is -0.338 e. The molecule has 1 aromatic carbocycles. The van der Waals surface area contributed by atoms with Crippen LogP contribution in [0.1, 0.15) is 76.8 Å². The molecule has 45 heavy (non-hydrogen) atoms. The van der Waals surface area contributed by atoms with Crippen molar-refractivity contribution < 1.29 is 18.0 Å². The van der Waals surface area contributed by atoms with E-state index in [0.29, 0.717) is 31.1 Å². The third-order valence-corrected chi connectivity index (χ3v) is 10.3. The summed E-state index contributed by atoms with van der Waals surface area (Å²) in [6.45, 7) is 14.7. The summed E-state index contributed by atoms with van der Waals surface area (Å²) in [5, 5.41) is 5.11. The smallest absolute Gasteiger partial charge is 0.303 e. The molecule has 0 bridgehead atoms. The SMILES string of the molecule is C=c1/c(=C\C=C(/C)C(=O)NS(=O)(=O)N(C)C)c(C2CCCCC2)c2n1CC(C(=O)N(CC)CC(C)NCC)=Cc1ccccc1-2. The first-order valence-electron chi connectivity index (χ1n) is 16.1. The van der Waals surface area contributed by atoms with Crippen molar-refractivity contribution in [1.82, 2.24) is 23.8 Å². The van der Waals surface area contributed by atoms with Gasteiger partial charge >= 0.3 is 10.2 Å². The number of allylic oxidation sites excluding steroid dienone is 1. The Bertz CT molecular complexity index is 1700. The first-order chi connectivity index (χ1) is 21.4. The second kappa shape index (κ2) is 14.7. The number of rotatable bonds is 11. The molecular formula is C35H49N5O4S. The van der Waals surface area contributed by atoms with Gasteiger partial charge in [-0.15, -0.1) is 0 Å². The van der Waals surface area contributed by atoms with Crippen molar-refractivity contribution in [3.8, 4) is 11.3 Å². The van der Waals surface area contributed by atoms with Gasteiger partial charge in [-0.3, -0.25) is 9.59 Å². The molecule has 1 aliphatic heterocycles. The molecular weight excluding hydrogens is 586 g/mol. The summed E-state index contributed by atoms with van der Waals surface area (Å²) in [7, 11) is -1.18. The Labute approximate surface area is 268 Å². The van der Waals surface area contributed by atoms with Crippen molar-refractivity contribution in [2.75, 3.05) is 33.7 Å². The maximum atomic E-state index is 14.1. The molecule has 0 spiro atoms. The van der Waals surface area contributed by atoms with Gasteiger partial charge in [0.15, 0.2) is 0 Å². The number of amides is 2. The lowest BCUT2D eigenvalue weighted by Gasteiger charge is -2.26. The van der Waals surface area contributed by atoms with Crippen LogP contribution < -0.4 is 20.6 Å². The van der Waals surface area contributed by atoms with E-state index in [9.17, 15) is 18.0 Å². The van der Waals surface area contributed by atoms with Gasteiger partial charge in [0.25, 0.3) is 11.8 Å². The molecule has 0 saturated heterocycles. The number of hydrogen-bond donors (Lipinski definition) is 2. The van der Waals surface area contributed by atoms with Crippen LogP contribution in [0.3, 0.4) is 0 Å². The van der Waals surface area contributed by atoms with Gasteiger partial charge in [-0.05, 0) is 63.3 Å². The van der Waals surface area contributed by atoms with Gasteiger partial charge in [-0.2, -0.15) is 12.7 Å². The Kier molecular flexibility index (Phi) is 11.3. The van der Waals surface area contributed by atoms with Gasteiger partial charge < -0.3 is 14.8 Å². The number of nitrogens with one attached hydrogen (secondary N) is 2. The molecule has 1 aliphatic carbocycles. The Balaban J connectivity index is 1.88. The Morgan fingerprint density at radius 3 is 2.47 bits per heavy atom. The van der Waals surface area contributed by atoms with Crippen LogP contribution in [0.25, 0.3) is 30.0 Å². The molecule has 2 N–H and O–H groups in total. The normalized spacial score (nSPS) is 16.9. The molecule has 1 saturated carbocycles. The first kappa shape index (κ1) is 34.4. The molecule has 1 fully saturated rings. The van der Waals surface area contributed by atoms with E-state index in [1.807, 2.05) is 36.1 Å². The third-order valence-electron chi connectivity index (χ3n) is 8.89. The largest absolute Gasteiger partial charge is 0.338 e. The molecule has 4 rings (SSSR count). The van der Waals surface area contributed by atoms with Gasteiger partial charge in [-0.25, -0.2) is 4.72 Å². The number of aromatic nitrogens is 1. The van der Waals surface area contributed by atoms with E-state index in [1.165, 1.54) is 26.1 Å². The summed E-state index contributed by atoms with van der Waals surface area (Å²) < 4.78 is 29.8. The van der Waals surface area contributed by atoms with E-state index in [1.54, 1.807) is 13.0 Å². The summed E-state index contributed by atoms with van der Waals surface area (Å²) in [5.41, 5.74) is 5.28. The van der Waals surface area contributed by atoms with Crippen LogP contribution in [0.2, 0.25) is 0 Å². The number of nitrogens with zero attached hydrogens (tertiary/aromatic N) is 3. The molecule has 244 valence electrons. The van der Waals surface area contributed by atoms with Gasteiger partial charge in [-0.1, -0.05) is 69.2 Å². The molecule has 1 unspecified atom stereocenters. The average Bonchev–Trinajstić information content (AvgIpc) is 3.16. The van der Waals surface area contributed by atoms with Crippen molar-refractivity contribution in [2.45, 2.75) is 78.3 Å². The molecule has 0 radical (unpaired) electrons. The van der Waals surface area contributed by atoms with Crippen LogP contribution in [0.4, 0.5) is 0 Å². The average molecular weight is 636 g/mol.